The Kier molecular flexibility index (Phi) is 7.31. The van der Waals surface area contributed by atoms with Gasteiger partial charge in [0.15, 0.2) is 11.6 Å². The molecule has 2 aromatic carbocycles. The highest BCUT2D eigenvalue weighted by Crippen LogP contribution is 2.21. The molecule has 31 heavy (non-hydrogen) atoms. The summed E-state index contributed by atoms with van der Waals surface area (Å²) in [4.78, 5) is 21.0. The summed E-state index contributed by atoms with van der Waals surface area (Å²) in [7, 11) is 0. The third kappa shape index (κ3) is 5.86. The molecule has 1 N–H and O–H groups in total. The fourth-order valence-electron chi connectivity index (χ4n) is 3.04. The fraction of sp³-hybridized carbons (Fsp3) is 0.174. The molecular formula is C23H21ClF2N4O. The monoisotopic (exact) mass is 442 g/mol. The van der Waals surface area contributed by atoms with E-state index in [4.69, 9.17) is 11.6 Å². The lowest BCUT2D eigenvalue weighted by molar-refractivity contribution is -0.113. The first-order chi connectivity index (χ1) is 14.9. The highest BCUT2D eigenvalue weighted by Gasteiger charge is 2.12. The minimum absolute atomic E-state index is 0.142. The number of hydrogen-bond donors (Lipinski definition) is 1. The highest BCUT2D eigenvalue weighted by molar-refractivity contribution is 6.42. The Morgan fingerprint density at radius 1 is 1.29 bits per heavy atom. The molecule has 5 nitrogen and oxygen atoms in total. The minimum Gasteiger partial charge on any atom is -0.368 e. The van der Waals surface area contributed by atoms with Gasteiger partial charge in [0.2, 0.25) is 0 Å². The first kappa shape index (κ1) is 22.4. The van der Waals surface area contributed by atoms with Crippen LogP contribution in [0.1, 0.15) is 23.1 Å². The van der Waals surface area contributed by atoms with E-state index in [0.29, 0.717) is 5.56 Å². The largest absolute Gasteiger partial charge is 0.368 e. The predicted molar refractivity (Wildman–Crippen MR) is 120 cm³/mol. The number of rotatable bonds is 8. The Bertz CT molecular complexity index is 1090. The summed E-state index contributed by atoms with van der Waals surface area (Å²) in [5.41, 5.74) is 4.39. The Hall–Kier alpha value is -3.32. The zero-order chi connectivity index (χ0) is 22.4. The van der Waals surface area contributed by atoms with Crippen molar-refractivity contribution in [2.75, 3.05) is 12.0 Å². The maximum atomic E-state index is 13.6. The van der Waals surface area contributed by atoms with E-state index in [-0.39, 0.29) is 18.2 Å². The van der Waals surface area contributed by atoms with Crippen molar-refractivity contribution in [2.24, 2.45) is 9.98 Å². The number of halogens is 3. The molecule has 160 valence electrons. The summed E-state index contributed by atoms with van der Waals surface area (Å²) < 4.78 is 26.9. The van der Waals surface area contributed by atoms with Crippen LogP contribution < -0.4 is 5.32 Å². The van der Waals surface area contributed by atoms with Crippen LogP contribution in [-0.4, -0.2) is 29.9 Å². The first-order valence-corrected chi connectivity index (χ1v) is 9.88. The van der Waals surface area contributed by atoms with E-state index in [2.05, 4.69) is 22.0 Å². The van der Waals surface area contributed by atoms with Gasteiger partial charge in [0, 0.05) is 31.1 Å². The average molecular weight is 443 g/mol. The molecule has 0 fully saturated rings. The number of allylic oxidation sites excluding steroid dienone is 1. The Balaban J connectivity index is 1.81. The third-order valence-corrected chi connectivity index (χ3v) is 4.96. The number of hydrogen-bond acceptors (Lipinski definition) is 4. The van der Waals surface area contributed by atoms with Crippen LogP contribution in [0.15, 0.2) is 69.9 Å². The lowest BCUT2D eigenvalue weighted by atomic mass is 10.0. The van der Waals surface area contributed by atoms with E-state index < -0.39 is 17.5 Å². The van der Waals surface area contributed by atoms with Crippen molar-refractivity contribution >= 4 is 35.6 Å². The smallest absolute Gasteiger partial charge is 0.289 e. The molecule has 3 rings (SSSR count). The van der Waals surface area contributed by atoms with Gasteiger partial charge in [-0.3, -0.25) is 9.79 Å². The number of benzene rings is 2. The molecule has 0 radical (unpaired) electrons. The number of aliphatic imine (C=N–C) groups is 2. The van der Waals surface area contributed by atoms with Crippen LogP contribution in [0.4, 0.5) is 14.5 Å². The summed E-state index contributed by atoms with van der Waals surface area (Å²) in [6, 6.07) is 9.63. The van der Waals surface area contributed by atoms with Gasteiger partial charge < -0.3 is 10.2 Å². The quantitative estimate of drug-likeness (QED) is 0.349. The molecule has 1 amide bonds. The van der Waals surface area contributed by atoms with Crippen LogP contribution in [0.5, 0.6) is 0 Å². The number of carbonyl (C=O) groups is 1. The van der Waals surface area contributed by atoms with E-state index >= 15 is 0 Å². The van der Waals surface area contributed by atoms with Gasteiger partial charge in [0.05, 0.1) is 12.4 Å². The molecule has 2 aromatic rings. The molecule has 0 bridgehead atoms. The van der Waals surface area contributed by atoms with Gasteiger partial charge in [-0.2, -0.15) is 0 Å². The van der Waals surface area contributed by atoms with Crippen molar-refractivity contribution < 1.29 is 13.6 Å². The molecule has 0 aromatic heterocycles. The van der Waals surface area contributed by atoms with Gasteiger partial charge in [-0.1, -0.05) is 35.9 Å². The molecule has 1 aliphatic heterocycles. The standard InChI is InChI=1S/C23H21ClF2N4O/c1-15-5-7-17(21-4-3-9-28-21)11-22(15)29-14-30(13-18(24)23(31)27-2)12-16-6-8-19(25)20(26)10-16/h3,5-11,13,29H,2,4,12,14H2,1H3/b18-13+. The van der Waals surface area contributed by atoms with Crippen LogP contribution in [0, 0.1) is 18.6 Å². The number of nitrogens with zero attached hydrogens (tertiary/aromatic N) is 3. The van der Waals surface area contributed by atoms with Gasteiger partial charge in [0.1, 0.15) is 5.03 Å². The van der Waals surface area contributed by atoms with Crippen molar-refractivity contribution in [3.8, 4) is 0 Å². The molecule has 1 heterocycles. The molecule has 0 atom stereocenters. The third-order valence-electron chi connectivity index (χ3n) is 4.70. The molecule has 0 saturated carbocycles. The van der Waals surface area contributed by atoms with Gasteiger partial charge in [-0.05, 0) is 48.5 Å². The van der Waals surface area contributed by atoms with Gasteiger partial charge in [0.25, 0.3) is 5.91 Å². The molecule has 0 unspecified atom stereocenters. The zero-order valence-corrected chi connectivity index (χ0v) is 17.7. The Labute approximate surface area is 184 Å². The number of amides is 1. The van der Waals surface area contributed by atoms with E-state index in [1.807, 2.05) is 31.2 Å². The van der Waals surface area contributed by atoms with Crippen LogP contribution in [0.2, 0.25) is 0 Å². The molecule has 0 spiro atoms. The molecule has 0 saturated heterocycles. The summed E-state index contributed by atoms with van der Waals surface area (Å²) in [5, 5.41) is 3.17. The molecule has 1 aliphatic rings. The predicted octanol–water partition coefficient (Wildman–Crippen LogP) is 5.16. The molecule has 8 heteroatoms. The minimum atomic E-state index is -0.946. The second-order valence-electron chi connectivity index (χ2n) is 6.96. The van der Waals surface area contributed by atoms with E-state index in [9.17, 15) is 13.6 Å². The van der Waals surface area contributed by atoms with Crippen LogP contribution in [0.3, 0.4) is 0 Å². The highest BCUT2D eigenvalue weighted by atomic mass is 35.5. The van der Waals surface area contributed by atoms with Gasteiger partial charge >= 0.3 is 0 Å². The maximum Gasteiger partial charge on any atom is 0.289 e. The maximum absolute atomic E-state index is 13.6. The topological polar surface area (TPSA) is 57.1 Å². The van der Waals surface area contributed by atoms with Crippen molar-refractivity contribution in [1.29, 1.82) is 0 Å². The van der Waals surface area contributed by atoms with E-state index in [1.54, 1.807) is 11.1 Å². The van der Waals surface area contributed by atoms with Crippen molar-refractivity contribution in [3.05, 3.63) is 88.2 Å². The summed E-state index contributed by atoms with van der Waals surface area (Å²) >= 11 is 6.02. The number of nitrogens with one attached hydrogen (secondary N) is 1. The Morgan fingerprint density at radius 2 is 2.10 bits per heavy atom. The number of aryl methyl sites for hydroxylation is 1. The fourth-order valence-corrected chi connectivity index (χ4v) is 3.24. The lowest BCUT2D eigenvalue weighted by Crippen LogP contribution is -2.25. The summed E-state index contributed by atoms with van der Waals surface area (Å²) in [6.45, 7) is 5.57. The van der Waals surface area contributed by atoms with Crippen LogP contribution >= 0.6 is 11.6 Å². The molecule has 0 aliphatic carbocycles. The number of carbonyl (C=O) groups excluding carboxylic acids is 1. The molecular weight excluding hydrogens is 422 g/mol. The van der Waals surface area contributed by atoms with E-state index in [0.717, 1.165) is 41.1 Å². The van der Waals surface area contributed by atoms with Crippen LogP contribution in [0.25, 0.3) is 0 Å². The second kappa shape index (κ2) is 10.1. The van der Waals surface area contributed by atoms with Crippen molar-refractivity contribution in [3.63, 3.8) is 0 Å². The lowest BCUT2D eigenvalue weighted by Gasteiger charge is -2.23. The van der Waals surface area contributed by atoms with Crippen molar-refractivity contribution in [1.82, 2.24) is 4.90 Å². The van der Waals surface area contributed by atoms with E-state index in [1.165, 1.54) is 12.3 Å². The zero-order valence-electron chi connectivity index (χ0n) is 16.9. The summed E-state index contributed by atoms with van der Waals surface area (Å²) in [6.07, 6.45) is 5.95. The van der Waals surface area contributed by atoms with Crippen molar-refractivity contribution in [2.45, 2.75) is 19.9 Å². The average Bonchev–Trinajstić information content (AvgIpc) is 3.29. The number of anilines is 1. The summed E-state index contributed by atoms with van der Waals surface area (Å²) in [5.74, 6) is -2.55. The second-order valence-corrected chi connectivity index (χ2v) is 7.37. The van der Waals surface area contributed by atoms with Gasteiger partial charge in [-0.25, -0.2) is 13.8 Å². The van der Waals surface area contributed by atoms with Crippen LogP contribution in [-0.2, 0) is 11.3 Å². The first-order valence-electron chi connectivity index (χ1n) is 9.50. The SMILES string of the molecule is C=NC(=O)/C(Cl)=C\N(CNc1cc(C2=NC=CC2)ccc1C)Cc1ccc(F)c(F)c1. The Morgan fingerprint density at radius 3 is 2.77 bits per heavy atom. The normalized spacial score (nSPS) is 13.2. The van der Waals surface area contributed by atoms with Gasteiger partial charge in [-0.15, -0.1) is 0 Å².